The number of alkyl halides is 4. The molecule has 2 aliphatic heterocycles. The van der Waals surface area contributed by atoms with Crippen molar-refractivity contribution in [2.75, 3.05) is 32.4 Å². The van der Waals surface area contributed by atoms with Crippen molar-refractivity contribution < 1.29 is 35.9 Å². The number of benzene rings is 1. The molecule has 0 bridgehead atoms. The number of allylic oxidation sites excluding steroid dienone is 3. The number of nitrogens with zero attached hydrogens (tertiary/aromatic N) is 4. The Labute approximate surface area is 247 Å². The molecule has 1 amide bonds. The maximum Gasteiger partial charge on any atom is 0.416 e. The van der Waals surface area contributed by atoms with Crippen molar-refractivity contribution in [3.8, 4) is 11.3 Å². The van der Waals surface area contributed by atoms with Gasteiger partial charge in [0.05, 0.1) is 30.2 Å². The number of rotatable bonds is 9. The zero-order chi connectivity index (χ0) is 30.9. The van der Waals surface area contributed by atoms with Crippen LogP contribution in [0.5, 0.6) is 0 Å². The van der Waals surface area contributed by atoms with Gasteiger partial charge < -0.3 is 15.3 Å². The lowest BCUT2D eigenvalue weighted by atomic mass is 9.97. The summed E-state index contributed by atoms with van der Waals surface area (Å²) in [6.07, 6.45) is 0.711. The largest absolute Gasteiger partial charge is 0.416 e. The van der Waals surface area contributed by atoms with Gasteiger partial charge in [-0.1, -0.05) is 24.3 Å². The highest BCUT2D eigenvalue weighted by Gasteiger charge is 2.35. The summed E-state index contributed by atoms with van der Waals surface area (Å²) in [4.78, 5) is 14.8. The monoisotopic (exact) mass is 625 g/mol. The maximum absolute atomic E-state index is 14.0. The van der Waals surface area contributed by atoms with Gasteiger partial charge in [-0.15, -0.1) is 0 Å². The number of amides is 1. The molecule has 1 aliphatic carbocycles. The number of aliphatic hydroxyl groups excluding tert-OH is 1. The fraction of sp³-hybridized carbons (Fsp3) is 0.517. The number of hydrogen-bond acceptors (Lipinski definition) is 6. The van der Waals surface area contributed by atoms with Crippen molar-refractivity contribution >= 4 is 15.9 Å². The van der Waals surface area contributed by atoms with E-state index in [1.165, 1.54) is 34.7 Å². The lowest BCUT2D eigenvalue weighted by molar-refractivity contribution is -0.138. The molecule has 1 saturated heterocycles. The van der Waals surface area contributed by atoms with Crippen LogP contribution in [0, 0.1) is 0 Å². The van der Waals surface area contributed by atoms with Gasteiger partial charge in [0.15, 0.2) is 0 Å². The topological polar surface area (TPSA) is 108 Å². The van der Waals surface area contributed by atoms with E-state index >= 15 is 0 Å². The van der Waals surface area contributed by atoms with Gasteiger partial charge in [-0.2, -0.15) is 22.6 Å². The first-order chi connectivity index (χ1) is 20.3. The minimum absolute atomic E-state index is 0.00905. The highest BCUT2D eigenvalue weighted by molar-refractivity contribution is 7.88. The van der Waals surface area contributed by atoms with Crippen LogP contribution in [0.25, 0.3) is 11.3 Å². The molecule has 2 aromatic rings. The Bertz CT molecular complexity index is 1530. The molecular weight excluding hydrogens is 590 g/mol. The second kappa shape index (κ2) is 12.5. The standard InChI is InChI=1S/C29H35F4N5O4S/c1-43(41,42)37-12-9-26-24(18-37)27(35-38(26)17-23(39)16-36-10-2-3-11-36)19-7-8-25(29(31,32)33)21(13-19)15-34-28(40)20-5-4-6-22(30)14-20/h4-8,13,22-23,39H,2-3,9-12,14-18H2,1H3,(H,34,40). The molecule has 3 aliphatic rings. The van der Waals surface area contributed by atoms with Gasteiger partial charge in [0.2, 0.25) is 15.9 Å². The van der Waals surface area contributed by atoms with Crippen LogP contribution >= 0.6 is 0 Å². The van der Waals surface area contributed by atoms with Crippen molar-refractivity contribution in [2.45, 2.75) is 63.8 Å². The molecule has 234 valence electrons. The number of fused-ring (bicyclic) bond motifs is 1. The van der Waals surface area contributed by atoms with Crippen LogP contribution in [0.2, 0.25) is 0 Å². The predicted molar refractivity (Wildman–Crippen MR) is 152 cm³/mol. The fourth-order valence-electron chi connectivity index (χ4n) is 5.91. The van der Waals surface area contributed by atoms with Gasteiger partial charge in [0, 0.05) is 61.4 Å². The Balaban J connectivity index is 1.47. The molecule has 1 fully saturated rings. The molecule has 9 nitrogen and oxygen atoms in total. The molecule has 0 saturated carbocycles. The number of β-amino-alcohol motifs (C(OH)–C–C–N with tert-alkyl or cyclic N) is 1. The van der Waals surface area contributed by atoms with E-state index in [9.17, 15) is 35.9 Å². The van der Waals surface area contributed by atoms with Gasteiger partial charge in [-0.25, -0.2) is 12.8 Å². The zero-order valence-corrected chi connectivity index (χ0v) is 24.6. The third-order valence-corrected chi connectivity index (χ3v) is 9.32. The molecule has 2 unspecified atom stereocenters. The quantitative estimate of drug-likeness (QED) is 0.415. The first kappa shape index (κ1) is 31.4. The first-order valence-electron chi connectivity index (χ1n) is 14.2. The summed E-state index contributed by atoms with van der Waals surface area (Å²) in [6, 6.07) is 3.49. The van der Waals surface area contributed by atoms with E-state index in [0.29, 0.717) is 29.8 Å². The number of carbonyl (C=O) groups is 1. The van der Waals surface area contributed by atoms with Crippen molar-refractivity contribution in [1.82, 2.24) is 24.3 Å². The normalized spacial score (nSPS) is 20.6. The van der Waals surface area contributed by atoms with Crippen LogP contribution in [0.1, 0.15) is 41.6 Å². The summed E-state index contributed by atoms with van der Waals surface area (Å²) in [6.45, 7) is 2.15. The fourth-order valence-corrected chi connectivity index (χ4v) is 6.70. The Hall–Kier alpha value is -3.07. The van der Waals surface area contributed by atoms with Gasteiger partial charge in [0.25, 0.3) is 0 Å². The number of likely N-dealkylation sites (tertiary alicyclic amines) is 1. The molecule has 2 atom stereocenters. The second-order valence-electron chi connectivity index (χ2n) is 11.3. The van der Waals surface area contributed by atoms with E-state index < -0.39 is 46.5 Å². The number of carbonyl (C=O) groups excluding carboxylic acids is 1. The van der Waals surface area contributed by atoms with Crippen LogP contribution < -0.4 is 5.32 Å². The van der Waals surface area contributed by atoms with Gasteiger partial charge in [-0.3, -0.25) is 9.48 Å². The minimum Gasteiger partial charge on any atom is -0.390 e. The van der Waals surface area contributed by atoms with Crippen LogP contribution in [-0.4, -0.2) is 83.1 Å². The lowest BCUT2D eigenvalue weighted by Gasteiger charge is -2.26. The van der Waals surface area contributed by atoms with E-state index in [-0.39, 0.29) is 37.2 Å². The Morgan fingerprint density at radius 1 is 1.19 bits per heavy atom. The minimum atomic E-state index is -4.71. The molecule has 0 spiro atoms. The Kier molecular flexibility index (Phi) is 9.12. The highest BCUT2D eigenvalue weighted by atomic mass is 32.2. The number of hydrogen-bond donors (Lipinski definition) is 2. The average molecular weight is 626 g/mol. The smallest absolute Gasteiger partial charge is 0.390 e. The third-order valence-electron chi connectivity index (χ3n) is 8.07. The van der Waals surface area contributed by atoms with Crippen molar-refractivity contribution in [2.24, 2.45) is 0 Å². The van der Waals surface area contributed by atoms with Crippen LogP contribution in [0.4, 0.5) is 17.6 Å². The van der Waals surface area contributed by atoms with Crippen LogP contribution in [0.3, 0.4) is 0 Å². The molecule has 43 heavy (non-hydrogen) atoms. The molecule has 1 aromatic carbocycles. The maximum atomic E-state index is 14.0. The number of aliphatic hydroxyl groups is 1. The molecule has 0 radical (unpaired) electrons. The van der Waals surface area contributed by atoms with Crippen LogP contribution in [-0.2, 0) is 47.0 Å². The number of aromatic nitrogens is 2. The Morgan fingerprint density at radius 3 is 2.60 bits per heavy atom. The van der Waals surface area contributed by atoms with E-state index in [1.54, 1.807) is 4.68 Å². The summed E-state index contributed by atoms with van der Waals surface area (Å²) in [5, 5.41) is 18.0. The number of sulfonamides is 1. The molecule has 14 heteroatoms. The SMILES string of the molecule is CS(=O)(=O)N1CCc2c(c(-c3ccc(C(F)(F)F)c(CNC(=O)C4=CC=CC(F)C4)c3)nn2CC(O)CN2CCCC2)C1. The van der Waals surface area contributed by atoms with E-state index in [0.717, 1.165) is 43.9 Å². The van der Waals surface area contributed by atoms with Gasteiger partial charge in [-0.05, 0) is 43.6 Å². The van der Waals surface area contributed by atoms with Gasteiger partial charge in [0.1, 0.15) is 6.17 Å². The van der Waals surface area contributed by atoms with Crippen molar-refractivity contribution in [1.29, 1.82) is 0 Å². The number of halogens is 4. The predicted octanol–water partition coefficient (Wildman–Crippen LogP) is 3.18. The summed E-state index contributed by atoms with van der Waals surface area (Å²) >= 11 is 0. The van der Waals surface area contributed by atoms with E-state index in [4.69, 9.17) is 5.10 Å². The summed E-state index contributed by atoms with van der Waals surface area (Å²) in [5.41, 5.74) is 0.899. The van der Waals surface area contributed by atoms with E-state index in [1.807, 2.05) is 0 Å². The first-order valence-corrected chi connectivity index (χ1v) is 16.1. The summed E-state index contributed by atoms with van der Waals surface area (Å²) < 4.78 is 83.3. The van der Waals surface area contributed by atoms with E-state index in [2.05, 4.69) is 10.2 Å². The number of nitrogens with one attached hydrogen (secondary N) is 1. The Morgan fingerprint density at radius 2 is 1.93 bits per heavy atom. The van der Waals surface area contributed by atoms with Gasteiger partial charge >= 0.3 is 6.18 Å². The summed E-state index contributed by atoms with van der Waals surface area (Å²) in [7, 11) is -3.56. The average Bonchev–Trinajstić information content (AvgIpc) is 3.58. The lowest BCUT2D eigenvalue weighted by Crippen LogP contribution is -2.37. The highest BCUT2D eigenvalue weighted by Crippen LogP contribution is 2.37. The molecule has 3 heterocycles. The van der Waals surface area contributed by atoms with Crippen LogP contribution in [0.15, 0.2) is 42.0 Å². The zero-order valence-electron chi connectivity index (χ0n) is 23.8. The molecule has 2 N–H and O–H groups in total. The second-order valence-corrected chi connectivity index (χ2v) is 13.3. The van der Waals surface area contributed by atoms with Crippen molar-refractivity contribution in [3.63, 3.8) is 0 Å². The molecule has 1 aromatic heterocycles. The van der Waals surface area contributed by atoms with Crippen molar-refractivity contribution in [3.05, 3.63) is 64.4 Å². The molecular formula is C29H35F4N5O4S. The summed E-state index contributed by atoms with van der Waals surface area (Å²) in [5.74, 6) is -0.664. The third kappa shape index (κ3) is 7.36. The molecule has 5 rings (SSSR count).